The van der Waals surface area contributed by atoms with Crippen molar-refractivity contribution in [1.82, 2.24) is 20.3 Å². The van der Waals surface area contributed by atoms with Gasteiger partial charge in [0, 0.05) is 47.7 Å². The topological polar surface area (TPSA) is 125 Å². The largest absolute Gasteiger partial charge is 0.480 e. The maximum Gasteiger partial charge on any atom is 0.330 e. The SMILES string of the molecule is COc1ncc(NC(=O)c2cccc(C3=CC(C)(C)CN3)c2)cc1N1Cc2cnc(Nc3ccccc3)nc2N(C)C1=O. The molecule has 0 bridgehead atoms. The van der Waals surface area contributed by atoms with Crippen LogP contribution in [0, 0.1) is 5.41 Å². The van der Waals surface area contributed by atoms with Crippen LogP contribution >= 0.6 is 0 Å². The van der Waals surface area contributed by atoms with Crippen molar-refractivity contribution >= 4 is 46.5 Å². The van der Waals surface area contributed by atoms with E-state index in [0.29, 0.717) is 28.7 Å². The first kappa shape index (κ1) is 27.7. The molecule has 11 nitrogen and oxygen atoms in total. The molecular weight excluding hydrogens is 544 g/mol. The smallest absolute Gasteiger partial charge is 0.330 e. The first-order valence-corrected chi connectivity index (χ1v) is 13.9. The molecule has 2 aliphatic heterocycles. The zero-order valence-electron chi connectivity index (χ0n) is 24.4. The number of anilines is 5. The number of carbonyl (C=O) groups is 2. The number of nitrogens with one attached hydrogen (secondary N) is 3. The monoisotopic (exact) mass is 576 g/mol. The molecule has 4 heterocycles. The number of aromatic nitrogens is 3. The number of benzene rings is 2. The molecule has 43 heavy (non-hydrogen) atoms. The molecule has 218 valence electrons. The van der Waals surface area contributed by atoms with Crippen molar-refractivity contribution in [3.63, 3.8) is 0 Å². The first-order chi connectivity index (χ1) is 20.7. The zero-order chi connectivity index (χ0) is 30.1. The highest BCUT2D eigenvalue weighted by molar-refractivity contribution is 6.07. The van der Waals surface area contributed by atoms with Gasteiger partial charge in [-0.25, -0.2) is 14.8 Å². The molecule has 6 rings (SSSR count). The summed E-state index contributed by atoms with van der Waals surface area (Å²) in [6, 6.07) is 18.4. The lowest BCUT2D eigenvalue weighted by Crippen LogP contribution is -2.46. The fourth-order valence-electron chi connectivity index (χ4n) is 5.10. The summed E-state index contributed by atoms with van der Waals surface area (Å²) < 4.78 is 5.50. The Bertz CT molecular complexity index is 1740. The summed E-state index contributed by atoms with van der Waals surface area (Å²) in [4.78, 5) is 43.3. The van der Waals surface area contributed by atoms with Crippen LogP contribution in [-0.4, -0.2) is 47.6 Å². The second-order valence-corrected chi connectivity index (χ2v) is 11.1. The lowest BCUT2D eigenvalue weighted by molar-refractivity contribution is 0.102. The summed E-state index contributed by atoms with van der Waals surface area (Å²) >= 11 is 0. The second-order valence-electron chi connectivity index (χ2n) is 11.1. The molecule has 0 unspecified atom stereocenters. The molecule has 0 radical (unpaired) electrons. The van der Waals surface area contributed by atoms with E-state index in [9.17, 15) is 9.59 Å². The molecule has 0 spiro atoms. The van der Waals surface area contributed by atoms with Gasteiger partial charge in [-0.05, 0) is 35.9 Å². The number of carbonyl (C=O) groups excluding carboxylic acids is 2. The van der Waals surface area contributed by atoms with Crippen molar-refractivity contribution in [3.8, 4) is 5.88 Å². The number of fused-ring (bicyclic) bond motifs is 1. The third-order valence-electron chi connectivity index (χ3n) is 7.32. The average molecular weight is 577 g/mol. The van der Waals surface area contributed by atoms with Gasteiger partial charge >= 0.3 is 6.03 Å². The Labute approximate surface area is 249 Å². The van der Waals surface area contributed by atoms with Crippen LogP contribution < -0.4 is 30.5 Å². The quantitative estimate of drug-likeness (QED) is 0.266. The Morgan fingerprint density at radius 3 is 2.58 bits per heavy atom. The molecule has 0 aliphatic carbocycles. The zero-order valence-corrected chi connectivity index (χ0v) is 24.4. The van der Waals surface area contributed by atoms with Crippen LogP contribution in [0.25, 0.3) is 5.70 Å². The van der Waals surface area contributed by atoms with Gasteiger partial charge in [0.15, 0.2) is 0 Å². The van der Waals surface area contributed by atoms with E-state index in [-0.39, 0.29) is 29.8 Å². The van der Waals surface area contributed by atoms with E-state index < -0.39 is 0 Å². The Balaban J connectivity index is 1.24. The fourth-order valence-corrected chi connectivity index (χ4v) is 5.10. The van der Waals surface area contributed by atoms with Crippen LogP contribution in [0.1, 0.15) is 35.3 Å². The van der Waals surface area contributed by atoms with Gasteiger partial charge in [0.1, 0.15) is 11.5 Å². The summed E-state index contributed by atoms with van der Waals surface area (Å²) in [5, 5.41) is 9.50. The minimum atomic E-state index is -0.326. The number of amides is 3. The van der Waals surface area contributed by atoms with E-state index in [1.807, 2.05) is 48.5 Å². The number of nitrogens with zero attached hydrogens (tertiary/aromatic N) is 5. The van der Waals surface area contributed by atoms with Gasteiger partial charge < -0.3 is 20.7 Å². The molecule has 4 aromatic rings. The number of rotatable bonds is 7. The molecule has 11 heteroatoms. The molecule has 3 N–H and O–H groups in total. The summed E-state index contributed by atoms with van der Waals surface area (Å²) in [7, 11) is 3.14. The van der Waals surface area contributed by atoms with Gasteiger partial charge in [0.25, 0.3) is 5.91 Å². The first-order valence-electron chi connectivity index (χ1n) is 13.9. The lowest BCUT2D eigenvalue weighted by Gasteiger charge is -2.34. The van der Waals surface area contributed by atoms with Crippen LogP contribution in [0.3, 0.4) is 0 Å². The van der Waals surface area contributed by atoms with Crippen molar-refractivity contribution in [2.75, 3.05) is 41.1 Å². The third-order valence-corrected chi connectivity index (χ3v) is 7.32. The Kier molecular flexibility index (Phi) is 7.14. The number of methoxy groups -OCH3 is 1. The molecule has 2 aromatic heterocycles. The maximum absolute atomic E-state index is 13.6. The van der Waals surface area contributed by atoms with E-state index in [1.54, 1.807) is 25.4 Å². The Hall–Kier alpha value is -5.45. The predicted octanol–water partition coefficient (Wildman–Crippen LogP) is 5.42. The Morgan fingerprint density at radius 2 is 1.84 bits per heavy atom. The van der Waals surface area contributed by atoms with Gasteiger partial charge in [-0.3, -0.25) is 14.6 Å². The molecule has 0 saturated heterocycles. The minimum Gasteiger partial charge on any atom is -0.480 e. The fraction of sp³-hybridized carbons (Fsp3) is 0.219. The lowest BCUT2D eigenvalue weighted by atomic mass is 9.95. The summed E-state index contributed by atoms with van der Waals surface area (Å²) in [5.74, 6) is 0.836. The van der Waals surface area contributed by atoms with Crippen LogP contribution in [-0.2, 0) is 6.54 Å². The van der Waals surface area contributed by atoms with E-state index in [2.05, 4.69) is 50.8 Å². The maximum atomic E-state index is 13.6. The highest BCUT2D eigenvalue weighted by Crippen LogP contribution is 2.36. The van der Waals surface area contributed by atoms with Crippen LogP contribution in [0.4, 0.5) is 33.6 Å². The van der Waals surface area contributed by atoms with Crippen LogP contribution in [0.15, 0.2) is 79.1 Å². The number of urea groups is 1. The minimum absolute atomic E-state index is 0.0483. The van der Waals surface area contributed by atoms with Gasteiger partial charge in [0.05, 0.1) is 25.5 Å². The molecule has 0 fully saturated rings. The van der Waals surface area contributed by atoms with Gasteiger partial charge in [-0.1, -0.05) is 50.3 Å². The molecule has 0 atom stereocenters. The van der Waals surface area contributed by atoms with Crippen molar-refractivity contribution in [1.29, 1.82) is 0 Å². The van der Waals surface area contributed by atoms with Crippen molar-refractivity contribution < 1.29 is 14.3 Å². The van der Waals surface area contributed by atoms with Gasteiger partial charge in [-0.15, -0.1) is 0 Å². The highest BCUT2D eigenvalue weighted by Gasteiger charge is 2.33. The summed E-state index contributed by atoms with van der Waals surface area (Å²) in [6.45, 7) is 5.36. The molecule has 3 amide bonds. The summed E-state index contributed by atoms with van der Waals surface area (Å²) in [6.07, 6.45) is 5.38. The van der Waals surface area contributed by atoms with Crippen molar-refractivity contribution in [3.05, 3.63) is 95.8 Å². The normalized spacial score (nSPS) is 15.3. The standard InChI is InChI=1S/C32H32N8O3/c1-32(2)15-25(35-19-32)20-9-8-10-21(13-20)28(41)36-24-14-26(29(43-4)33-17-24)40-18-22-16-34-30(37-23-11-6-5-7-12-23)38-27(22)39(3)31(40)42/h5-17,35H,18-19H2,1-4H3,(H,36,41)(H,34,37,38). The van der Waals surface area contributed by atoms with E-state index in [4.69, 9.17) is 4.74 Å². The van der Waals surface area contributed by atoms with E-state index in [1.165, 1.54) is 23.1 Å². The van der Waals surface area contributed by atoms with Gasteiger partial charge in [0.2, 0.25) is 11.8 Å². The Morgan fingerprint density at radius 1 is 1.02 bits per heavy atom. The number of hydrogen-bond donors (Lipinski definition) is 3. The highest BCUT2D eigenvalue weighted by atomic mass is 16.5. The van der Waals surface area contributed by atoms with Gasteiger partial charge in [-0.2, -0.15) is 4.98 Å². The number of para-hydroxylation sites is 1. The molecular formula is C32H32N8O3. The van der Waals surface area contributed by atoms with Crippen LogP contribution in [0.2, 0.25) is 0 Å². The van der Waals surface area contributed by atoms with Crippen molar-refractivity contribution in [2.24, 2.45) is 5.41 Å². The molecule has 0 saturated carbocycles. The van der Waals surface area contributed by atoms with Crippen LogP contribution in [0.5, 0.6) is 5.88 Å². The predicted molar refractivity (Wildman–Crippen MR) is 167 cm³/mol. The number of pyridine rings is 1. The molecule has 2 aliphatic rings. The summed E-state index contributed by atoms with van der Waals surface area (Å²) in [5.41, 5.74) is 4.91. The number of hydrogen-bond acceptors (Lipinski definition) is 8. The second kappa shape index (κ2) is 11.1. The molecule has 2 aromatic carbocycles. The van der Waals surface area contributed by atoms with E-state index >= 15 is 0 Å². The average Bonchev–Trinajstić information content (AvgIpc) is 3.39. The third kappa shape index (κ3) is 5.69. The number of ether oxygens (including phenoxy) is 1. The van der Waals surface area contributed by atoms with E-state index in [0.717, 1.165) is 29.1 Å². The van der Waals surface area contributed by atoms with Crippen molar-refractivity contribution in [2.45, 2.75) is 20.4 Å².